The van der Waals surface area contributed by atoms with Crippen LogP contribution >= 0.6 is 0 Å². The molecule has 0 aromatic heterocycles. The molecule has 68 valence electrons. The Balaban J connectivity index is 3.61. The summed E-state index contributed by atoms with van der Waals surface area (Å²) in [4.78, 5) is 11.0. The van der Waals surface area contributed by atoms with E-state index in [2.05, 4.69) is 10.6 Å². The Morgan fingerprint density at radius 2 is 2.25 bits per heavy atom. The third kappa shape index (κ3) is 4.56. The van der Waals surface area contributed by atoms with Crippen LogP contribution in [0, 0.1) is 11.3 Å². The molecule has 2 amide bonds. The predicted octanol–water partition coefficient (Wildman–Crippen LogP) is 0.998. The molecular formula is C8H15N3O. The fourth-order valence-electron chi connectivity index (χ4n) is 0.673. The monoisotopic (exact) mass is 169 g/mol. The van der Waals surface area contributed by atoms with Crippen LogP contribution in [-0.4, -0.2) is 18.6 Å². The van der Waals surface area contributed by atoms with Crippen molar-refractivity contribution in [1.29, 1.82) is 5.26 Å². The van der Waals surface area contributed by atoms with Crippen LogP contribution in [0.3, 0.4) is 0 Å². The third-order valence-corrected chi connectivity index (χ3v) is 1.40. The molecule has 0 fully saturated rings. The zero-order valence-corrected chi connectivity index (χ0v) is 7.55. The maximum absolute atomic E-state index is 11.0. The van der Waals surface area contributed by atoms with Gasteiger partial charge >= 0.3 is 6.03 Å². The molecule has 0 rings (SSSR count). The Morgan fingerprint density at radius 1 is 1.58 bits per heavy atom. The van der Waals surface area contributed by atoms with Gasteiger partial charge in [0.15, 0.2) is 0 Å². The second kappa shape index (κ2) is 6.47. The summed E-state index contributed by atoms with van der Waals surface area (Å²) in [5, 5.41) is 13.7. The van der Waals surface area contributed by atoms with Crippen LogP contribution in [0.1, 0.15) is 26.7 Å². The fourth-order valence-corrected chi connectivity index (χ4v) is 0.673. The lowest BCUT2D eigenvalue weighted by atomic mass is 10.2. The second-order valence-electron chi connectivity index (χ2n) is 2.49. The zero-order valence-electron chi connectivity index (χ0n) is 7.55. The molecule has 12 heavy (non-hydrogen) atoms. The number of hydrogen-bond donors (Lipinski definition) is 2. The number of nitriles is 1. The molecule has 0 heterocycles. The summed E-state index contributed by atoms with van der Waals surface area (Å²) in [7, 11) is 0. The van der Waals surface area contributed by atoms with E-state index >= 15 is 0 Å². The summed E-state index contributed by atoms with van der Waals surface area (Å²) in [5.41, 5.74) is 0. The summed E-state index contributed by atoms with van der Waals surface area (Å²) in [6, 6.07) is 1.35. The van der Waals surface area contributed by atoms with Crippen LogP contribution in [0.2, 0.25) is 0 Å². The van der Waals surface area contributed by atoms with Crippen molar-refractivity contribution in [3.05, 3.63) is 0 Å². The van der Waals surface area contributed by atoms with Crippen molar-refractivity contribution < 1.29 is 4.79 Å². The first-order valence-corrected chi connectivity index (χ1v) is 4.18. The maximum Gasteiger partial charge on any atom is 0.315 e. The quantitative estimate of drug-likeness (QED) is 0.659. The van der Waals surface area contributed by atoms with Crippen LogP contribution in [-0.2, 0) is 0 Å². The van der Waals surface area contributed by atoms with E-state index in [9.17, 15) is 4.79 Å². The van der Waals surface area contributed by atoms with E-state index < -0.39 is 0 Å². The lowest BCUT2D eigenvalue weighted by molar-refractivity contribution is 0.239. The van der Waals surface area contributed by atoms with Gasteiger partial charge in [0, 0.05) is 6.54 Å². The van der Waals surface area contributed by atoms with E-state index in [0.29, 0.717) is 13.0 Å². The van der Waals surface area contributed by atoms with E-state index in [4.69, 9.17) is 5.26 Å². The Morgan fingerprint density at radius 3 is 2.67 bits per heavy atom. The van der Waals surface area contributed by atoms with Crippen molar-refractivity contribution in [1.82, 2.24) is 10.6 Å². The van der Waals surface area contributed by atoms with Crippen LogP contribution in [0.15, 0.2) is 0 Å². The first-order chi connectivity index (χ1) is 5.74. The summed E-state index contributed by atoms with van der Waals surface area (Å²) in [6.45, 7) is 4.48. The standard InChI is InChI=1S/C8H15N3O/c1-3-5-10-8(12)11-7(4-2)6-9/h7H,3-5H2,1-2H3,(H2,10,11,12). The molecule has 0 aromatic rings. The lowest BCUT2D eigenvalue weighted by Crippen LogP contribution is -2.41. The van der Waals surface area contributed by atoms with Gasteiger partial charge in [-0.1, -0.05) is 13.8 Å². The van der Waals surface area contributed by atoms with Crippen molar-refractivity contribution in [2.24, 2.45) is 0 Å². The van der Waals surface area contributed by atoms with E-state index in [1.54, 1.807) is 0 Å². The smallest absolute Gasteiger partial charge is 0.315 e. The van der Waals surface area contributed by atoms with E-state index in [1.165, 1.54) is 0 Å². The molecule has 2 N–H and O–H groups in total. The van der Waals surface area contributed by atoms with Gasteiger partial charge in [-0.25, -0.2) is 4.79 Å². The van der Waals surface area contributed by atoms with Gasteiger partial charge in [0.05, 0.1) is 6.07 Å². The number of carbonyl (C=O) groups excluding carboxylic acids is 1. The number of amides is 2. The number of carbonyl (C=O) groups is 1. The number of nitrogens with one attached hydrogen (secondary N) is 2. The van der Waals surface area contributed by atoms with E-state index in [0.717, 1.165) is 6.42 Å². The Bertz CT molecular complexity index is 174. The molecule has 0 aliphatic rings. The van der Waals surface area contributed by atoms with Crippen LogP contribution < -0.4 is 10.6 Å². The molecule has 0 radical (unpaired) electrons. The Hall–Kier alpha value is -1.24. The molecule has 0 spiro atoms. The molecule has 0 aromatic carbocycles. The highest BCUT2D eigenvalue weighted by molar-refractivity contribution is 5.74. The minimum Gasteiger partial charge on any atom is -0.338 e. The normalized spacial score (nSPS) is 11.4. The molecule has 0 saturated heterocycles. The molecule has 1 unspecified atom stereocenters. The molecule has 1 atom stereocenters. The molecule has 0 saturated carbocycles. The molecular weight excluding hydrogens is 154 g/mol. The average molecular weight is 169 g/mol. The molecule has 0 aliphatic heterocycles. The molecule has 4 heteroatoms. The minimum absolute atomic E-state index is 0.259. The lowest BCUT2D eigenvalue weighted by Gasteiger charge is -2.09. The molecule has 0 bridgehead atoms. The number of urea groups is 1. The van der Waals surface area contributed by atoms with Crippen molar-refractivity contribution in [3.63, 3.8) is 0 Å². The van der Waals surface area contributed by atoms with Gasteiger partial charge in [0.2, 0.25) is 0 Å². The molecule has 4 nitrogen and oxygen atoms in total. The zero-order chi connectivity index (χ0) is 9.40. The second-order valence-corrected chi connectivity index (χ2v) is 2.49. The van der Waals surface area contributed by atoms with Gasteiger partial charge in [-0.15, -0.1) is 0 Å². The topological polar surface area (TPSA) is 64.9 Å². The van der Waals surface area contributed by atoms with Crippen LogP contribution in [0.5, 0.6) is 0 Å². The highest BCUT2D eigenvalue weighted by atomic mass is 16.2. The Kier molecular flexibility index (Phi) is 5.80. The van der Waals surface area contributed by atoms with Gasteiger partial charge in [-0.3, -0.25) is 0 Å². The van der Waals surface area contributed by atoms with Gasteiger partial charge in [-0.2, -0.15) is 5.26 Å². The highest BCUT2D eigenvalue weighted by Gasteiger charge is 2.06. The van der Waals surface area contributed by atoms with Gasteiger partial charge < -0.3 is 10.6 Å². The van der Waals surface area contributed by atoms with Crippen molar-refractivity contribution in [3.8, 4) is 6.07 Å². The third-order valence-electron chi connectivity index (χ3n) is 1.40. The van der Waals surface area contributed by atoms with Gasteiger partial charge in [0.1, 0.15) is 6.04 Å². The minimum atomic E-state index is -0.373. The first-order valence-electron chi connectivity index (χ1n) is 4.18. The van der Waals surface area contributed by atoms with Crippen molar-refractivity contribution >= 4 is 6.03 Å². The SMILES string of the molecule is CCCNC(=O)NC(C#N)CC. The number of nitrogens with zero attached hydrogens (tertiary/aromatic N) is 1. The van der Waals surface area contributed by atoms with E-state index in [1.807, 2.05) is 19.9 Å². The largest absolute Gasteiger partial charge is 0.338 e. The summed E-state index contributed by atoms with van der Waals surface area (Å²) in [5.74, 6) is 0. The average Bonchev–Trinajstić information content (AvgIpc) is 2.10. The van der Waals surface area contributed by atoms with Crippen LogP contribution in [0.4, 0.5) is 4.79 Å². The maximum atomic E-state index is 11.0. The number of rotatable bonds is 4. The highest BCUT2D eigenvalue weighted by Crippen LogP contribution is 1.86. The van der Waals surface area contributed by atoms with Gasteiger partial charge in [0.25, 0.3) is 0 Å². The summed E-state index contributed by atoms with van der Waals surface area (Å²) < 4.78 is 0. The summed E-state index contributed by atoms with van der Waals surface area (Å²) in [6.07, 6.45) is 1.53. The van der Waals surface area contributed by atoms with E-state index in [-0.39, 0.29) is 12.1 Å². The van der Waals surface area contributed by atoms with Gasteiger partial charge in [-0.05, 0) is 12.8 Å². The number of hydrogen-bond acceptors (Lipinski definition) is 2. The first kappa shape index (κ1) is 10.8. The predicted molar refractivity (Wildman–Crippen MR) is 46.5 cm³/mol. The summed E-state index contributed by atoms with van der Waals surface area (Å²) >= 11 is 0. The van der Waals surface area contributed by atoms with Crippen molar-refractivity contribution in [2.75, 3.05) is 6.54 Å². The van der Waals surface area contributed by atoms with Crippen molar-refractivity contribution in [2.45, 2.75) is 32.7 Å². The fraction of sp³-hybridized carbons (Fsp3) is 0.750. The molecule has 0 aliphatic carbocycles. The Labute approximate surface area is 72.9 Å². The van der Waals surface area contributed by atoms with Crippen LogP contribution in [0.25, 0.3) is 0 Å².